The molecule has 0 saturated heterocycles. The lowest BCUT2D eigenvalue weighted by Gasteiger charge is -2.08. The average molecular weight is 319 g/mol. The molecule has 7 nitrogen and oxygen atoms in total. The van der Waals surface area contributed by atoms with Gasteiger partial charge in [0.05, 0.1) is 0 Å². The number of halogens is 1. The number of rotatable bonds is 7. The van der Waals surface area contributed by atoms with Crippen molar-refractivity contribution in [2.45, 2.75) is 6.42 Å². The van der Waals surface area contributed by atoms with Crippen LogP contribution in [0.5, 0.6) is 5.75 Å². The Balaban J connectivity index is 1.80. The van der Waals surface area contributed by atoms with Gasteiger partial charge in [0.15, 0.2) is 6.61 Å². The van der Waals surface area contributed by atoms with E-state index in [9.17, 15) is 19.3 Å². The summed E-state index contributed by atoms with van der Waals surface area (Å²) in [5.74, 6) is -1.32. The lowest BCUT2D eigenvalue weighted by Crippen LogP contribution is -2.30. The Morgan fingerprint density at radius 1 is 1.30 bits per heavy atom. The highest BCUT2D eigenvalue weighted by atomic mass is 19.1. The molecule has 8 heteroatoms. The summed E-state index contributed by atoms with van der Waals surface area (Å²) < 4.78 is 18.5. The van der Waals surface area contributed by atoms with Crippen LogP contribution < -0.4 is 10.1 Å². The van der Waals surface area contributed by atoms with Gasteiger partial charge in [0.1, 0.15) is 12.0 Å². The predicted octanol–water partition coefficient (Wildman–Crippen LogP) is 1.87. The maximum Gasteiger partial charge on any atom is 0.406 e. The fraction of sp³-hybridized carbons (Fsp3) is 0.200. The van der Waals surface area contributed by atoms with Gasteiger partial charge < -0.3 is 20.2 Å². The number of nitrogens with zero attached hydrogens (tertiary/aromatic N) is 2. The minimum atomic E-state index is -0.689. The normalized spacial score (nSPS) is 10.1. The van der Waals surface area contributed by atoms with Gasteiger partial charge in [0.25, 0.3) is 5.91 Å². The molecular formula is C15H14FN3O4. The maximum absolute atomic E-state index is 13.4. The van der Waals surface area contributed by atoms with Crippen LogP contribution in [0.1, 0.15) is 5.56 Å². The van der Waals surface area contributed by atoms with Gasteiger partial charge in [-0.25, -0.2) is 4.39 Å². The molecule has 0 radical (unpaired) electrons. The van der Waals surface area contributed by atoms with Crippen LogP contribution in [0.3, 0.4) is 0 Å². The zero-order valence-electron chi connectivity index (χ0n) is 12.1. The zero-order valence-corrected chi connectivity index (χ0v) is 12.1. The van der Waals surface area contributed by atoms with Crippen molar-refractivity contribution in [2.75, 3.05) is 13.2 Å². The Kier molecular flexibility index (Phi) is 5.56. The van der Waals surface area contributed by atoms with Crippen LogP contribution in [0.4, 0.5) is 10.2 Å². The Bertz CT molecular complexity index is 709. The number of benzene rings is 1. The largest absolute Gasteiger partial charge is 0.476 e. The van der Waals surface area contributed by atoms with Crippen LogP contribution in [0.15, 0.2) is 42.6 Å². The number of nitro groups is 1. The van der Waals surface area contributed by atoms with E-state index in [4.69, 9.17) is 4.74 Å². The molecule has 120 valence electrons. The third kappa shape index (κ3) is 4.73. The van der Waals surface area contributed by atoms with Crippen molar-refractivity contribution in [3.8, 4) is 5.75 Å². The first-order valence-corrected chi connectivity index (χ1v) is 6.80. The van der Waals surface area contributed by atoms with Crippen molar-refractivity contribution in [3.63, 3.8) is 0 Å². The SMILES string of the molecule is O=C(COc1cccnc1[N+](=O)[O-])NCCc1ccccc1F. The monoisotopic (exact) mass is 319 g/mol. The number of hydrogen-bond donors (Lipinski definition) is 1. The van der Waals surface area contributed by atoms with E-state index in [-0.39, 0.29) is 24.7 Å². The van der Waals surface area contributed by atoms with Crippen molar-refractivity contribution < 1.29 is 18.8 Å². The third-order valence-corrected chi connectivity index (χ3v) is 2.96. The van der Waals surface area contributed by atoms with Crippen LogP contribution in [-0.2, 0) is 11.2 Å². The molecule has 2 aromatic rings. The summed E-state index contributed by atoms with van der Waals surface area (Å²) >= 11 is 0. The van der Waals surface area contributed by atoms with Gasteiger partial charge in [-0.15, -0.1) is 0 Å². The Hall–Kier alpha value is -3.03. The van der Waals surface area contributed by atoms with Crippen LogP contribution in [0.25, 0.3) is 0 Å². The van der Waals surface area contributed by atoms with Gasteiger partial charge in [0, 0.05) is 6.54 Å². The summed E-state index contributed by atoms with van der Waals surface area (Å²) in [5, 5.41) is 13.3. The van der Waals surface area contributed by atoms with Crippen LogP contribution in [0.2, 0.25) is 0 Å². The summed E-state index contributed by atoms with van der Waals surface area (Å²) in [5.41, 5.74) is 0.497. The molecule has 0 aliphatic rings. The smallest absolute Gasteiger partial charge is 0.406 e. The highest BCUT2D eigenvalue weighted by Crippen LogP contribution is 2.22. The van der Waals surface area contributed by atoms with Gasteiger partial charge in [-0.05, 0) is 40.1 Å². The highest BCUT2D eigenvalue weighted by Gasteiger charge is 2.16. The molecule has 23 heavy (non-hydrogen) atoms. The van der Waals surface area contributed by atoms with E-state index < -0.39 is 16.6 Å². The molecule has 0 unspecified atom stereocenters. The van der Waals surface area contributed by atoms with Gasteiger partial charge in [-0.2, -0.15) is 0 Å². The molecule has 0 bridgehead atoms. The standard InChI is InChI=1S/C15H14FN3O4/c16-12-5-2-1-4-11(12)7-9-17-14(20)10-23-13-6-3-8-18-15(13)19(21)22/h1-6,8H,7,9-10H2,(H,17,20). The molecule has 1 N–H and O–H groups in total. The van der Waals surface area contributed by atoms with E-state index in [1.807, 2.05) is 0 Å². The van der Waals surface area contributed by atoms with Crippen molar-refractivity contribution in [2.24, 2.45) is 0 Å². The quantitative estimate of drug-likeness (QED) is 0.621. The number of amides is 1. The van der Waals surface area contributed by atoms with E-state index in [0.29, 0.717) is 12.0 Å². The Morgan fingerprint density at radius 3 is 2.83 bits per heavy atom. The average Bonchev–Trinajstić information content (AvgIpc) is 2.55. The number of aromatic nitrogens is 1. The van der Waals surface area contributed by atoms with Crippen LogP contribution >= 0.6 is 0 Å². The molecule has 1 heterocycles. The molecule has 0 atom stereocenters. The summed E-state index contributed by atoms with van der Waals surface area (Å²) in [7, 11) is 0. The number of ether oxygens (including phenoxy) is 1. The molecule has 0 fully saturated rings. The topological polar surface area (TPSA) is 94.4 Å². The second-order valence-corrected chi connectivity index (χ2v) is 4.56. The molecular weight excluding hydrogens is 305 g/mol. The van der Waals surface area contributed by atoms with E-state index >= 15 is 0 Å². The molecule has 1 aromatic carbocycles. The minimum Gasteiger partial charge on any atom is -0.476 e. The van der Waals surface area contributed by atoms with E-state index in [0.717, 1.165) is 0 Å². The fourth-order valence-electron chi connectivity index (χ4n) is 1.86. The second-order valence-electron chi connectivity index (χ2n) is 4.56. The number of carbonyl (C=O) groups excluding carboxylic acids is 1. The summed E-state index contributed by atoms with van der Waals surface area (Å²) in [6, 6.07) is 9.12. The van der Waals surface area contributed by atoms with Crippen molar-refractivity contribution in [1.82, 2.24) is 10.3 Å². The van der Waals surface area contributed by atoms with Crippen molar-refractivity contribution >= 4 is 11.7 Å². The number of pyridine rings is 1. The number of carbonyl (C=O) groups is 1. The van der Waals surface area contributed by atoms with E-state index in [1.54, 1.807) is 18.2 Å². The highest BCUT2D eigenvalue weighted by molar-refractivity contribution is 5.77. The summed E-state index contributed by atoms with van der Waals surface area (Å²) in [6.07, 6.45) is 1.60. The Morgan fingerprint density at radius 2 is 2.09 bits per heavy atom. The van der Waals surface area contributed by atoms with Gasteiger partial charge in [-0.3, -0.25) is 4.79 Å². The molecule has 2 rings (SSSR count). The molecule has 1 amide bonds. The number of nitrogens with one attached hydrogen (secondary N) is 1. The third-order valence-electron chi connectivity index (χ3n) is 2.96. The number of hydrogen-bond acceptors (Lipinski definition) is 5. The van der Waals surface area contributed by atoms with Crippen LogP contribution in [-0.4, -0.2) is 29.0 Å². The first kappa shape index (κ1) is 16.3. The molecule has 1 aromatic heterocycles. The minimum absolute atomic E-state index is 0.0817. The van der Waals surface area contributed by atoms with Crippen molar-refractivity contribution in [1.29, 1.82) is 0 Å². The molecule has 0 aliphatic heterocycles. The van der Waals surface area contributed by atoms with E-state index in [2.05, 4.69) is 10.3 Å². The first-order chi connectivity index (χ1) is 11.1. The lowest BCUT2D eigenvalue weighted by molar-refractivity contribution is -0.390. The summed E-state index contributed by atoms with van der Waals surface area (Å²) in [6.45, 7) is -0.151. The molecule has 0 saturated carbocycles. The predicted molar refractivity (Wildman–Crippen MR) is 79.5 cm³/mol. The van der Waals surface area contributed by atoms with Crippen molar-refractivity contribution in [3.05, 3.63) is 64.1 Å². The van der Waals surface area contributed by atoms with Gasteiger partial charge in [0.2, 0.25) is 5.75 Å². The lowest BCUT2D eigenvalue weighted by atomic mass is 10.1. The molecule has 0 aliphatic carbocycles. The maximum atomic E-state index is 13.4. The van der Waals surface area contributed by atoms with E-state index in [1.165, 1.54) is 24.4 Å². The summed E-state index contributed by atoms with van der Waals surface area (Å²) in [4.78, 5) is 25.3. The Labute approximate surface area is 131 Å². The zero-order chi connectivity index (χ0) is 16.7. The fourth-order valence-corrected chi connectivity index (χ4v) is 1.86. The first-order valence-electron chi connectivity index (χ1n) is 6.80. The van der Waals surface area contributed by atoms with Gasteiger partial charge in [-0.1, -0.05) is 18.2 Å². The van der Waals surface area contributed by atoms with Crippen LogP contribution in [0, 0.1) is 15.9 Å². The second kappa shape index (κ2) is 7.83. The van der Waals surface area contributed by atoms with Gasteiger partial charge >= 0.3 is 5.82 Å². The molecule has 0 spiro atoms.